The molecule has 2 aliphatic rings. The molecule has 2 N–H and O–H groups in total. The van der Waals surface area contributed by atoms with Crippen molar-refractivity contribution in [2.24, 2.45) is 0 Å². The quantitative estimate of drug-likeness (QED) is 0.0698. The molecule has 1 unspecified atom stereocenters. The topological polar surface area (TPSA) is 76.0 Å². The van der Waals surface area contributed by atoms with Gasteiger partial charge in [-0.3, -0.25) is 0 Å². The molecular formula is C37H68O5. The maximum atomic E-state index is 11.6. The van der Waals surface area contributed by atoms with Gasteiger partial charge in [-0.15, -0.1) is 0 Å². The molecule has 1 saturated heterocycles. The Kier molecular flexibility index (Phi) is 21.7. The van der Waals surface area contributed by atoms with Gasteiger partial charge >= 0.3 is 5.97 Å². The number of carbonyl (C=O) groups is 1. The summed E-state index contributed by atoms with van der Waals surface area (Å²) in [5.74, 6) is -0.106. The smallest absolute Gasteiger partial charge is 0.334 e. The molecule has 5 atom stereocenters. The second kappa shape index (κ2) is 24.4. The van der Waals surface area contributed by atoms with E-state index < -0.39 is 0 Å². The summed E-state index contributed by atoms with van der Waals surface area (Å²) in [6.45, 7) is 4.18. The number of cyclic esters (lactones) is 1. The number of aliphatic hydroxyl groups excluding tert-OH is 2. The Hall–Kier alpha value is -0.910. The molecule has 0 radical (unpaired) electrons. The van der Waals surface area contributed by atoms with Gasteiger partial charge in [0.15, 0.2) is 0 Å². The Labute approximate surface area is 259 Å². The summed E-state index contributed by atoms with van der Waals surface area (Å²) in [6.07, 6.45) is 33.5. The molecule has 0 aromatic carbocycles. The number of hydrogen-bond acceptors (Lipinski definition) is 5. The van der Waals surface area contributed by atoms with E-state index in [1.54, 1.807) is 0 Å². The molecule has 0 aliphatic carbocycles. The zero-order chi connectivity index (χ0) is 30.3. The van der Waals surface area contributed by atoms with Gasteiger partial charge in [0.05, 0.1) is 24.4 Å². The fourth-order valence-corrected chi connectivity index (χ4v) is 6.72. The van der Waals surface area contributed by atoms with Gasteiger partial charge in [0.1, 0.15) is 6.10 Å². The summed E-state index contributed by atoms with van der Waals surface area (Å²) in [4.78, 5) is 11.6. The van der Waals surface area contributed by atoms with E-state index in [1.807, 2.05) is 13.0 Å². The Balaban J connectivity index is 1.30. The summed E-state index contributed by atoms with van der Waals surface area (Å²) in [6, 6.07) is 0. The predicted molar refractivity (Wildman–Crippen MR) is 175 cm³/mol. The predicted octanol–water partition coefficient (Wildman–Crippen LogP) is 9.90. The summed E-state index contributed by atoms with van der Waals surface area (Å²) in [7, 11) is 0. The van der Waals surface area contributed by atoms with E-state index in [9.17, 15) is 15.0 Å². The highest BCUT2D eigenvalue weighted by molar-refractivity contribution is 5.90. The van der Waals surface area contributed by atoms with Crippen LogP contribution in [-0.2, 0) is 14.3 Å². The van der Waals surface area contributed by atoms with Gasteiger partial charge in [-0.2, -0.15) is 0 Å². The summed E-state index contributed by atoms with van der Waals surface area (Å²) in [5, 5.41) is 21.2. The Morgan fingerprint density at radius 3 is 1.40 bits per heavy atom. The van der Waals surface area contributed by atoms with Crippen LogP contribution < -0.4 is 0 Å². The molecule has 0 aromatic heterocycles. The van der Waals surface area contributed by atoms with Gasteiger partial charge in [-0.05, 0) is 51.5 Å². The van der Waals surface area contributed by atoms with E-state index in [0.717, 1.165) is 56.9 Å². The zero-order valence-electron chi connectivity index (χ0n) is 27.7. The fraction of sp³-hybridized carbons (Fsp3) is 0.919. The largest absolute Gasteiger partial charge is 0.455 e. The van der Waals surface area contributed by atoms with Crippen LogP contribution in [0.1, 0.15) is 187 Å². The second-order valence-corrected chi connectivity index (χ2v) is 13.5. The van der Waals surface area contributed by atoms with E-state index in [-0.39, 0.29) is 36.5 Å². The van der Waals surface area contributed by atoms with E-state index >= 15 is 0 Å². The molecule has 5 heteroatoms. The maximum Gasteiger partial charge on any atom is 0.334 e. The van der Waals surface area contributed by atoms with Crippen LogP contribution >= 0.6 is 0 Å². The average molecular weight is 593 g/mol. The molecule has 42 heavy (non-hydrogen) atoms. The van der Waals surface area contributed by atoms with Crippen LogP contribution in [0.25, 0.3) is 0 Å². The van der Waals surface area contributed by atoms with Crippen molar-refractivity contribution in [1.29, 1.82) is 0 Å². The van der Waals surface area contributed by atoms with Crippen molar-refractivity contribution in [3.63, 3.8) is 0 Å². The van der Waals surface area contributed by atoms with Crippen LogP contribution in [0.2, 0.25) is 0 Å². The Morgan fingerprint density at radius 2 is 1.02 bits per heavy atom. The first kappa shape index (κ1) is 37.3. The number of ether oxygens (including phenoxy) is 2. The van der Waals surface area contributed by atoms with Gasteiger partial charge in [0, 0.05) is 5.57 Å². The van der Waals surface area contributed by atoms with Gasteiger partial charge in [-0.25, -0.2) is 4.79 Å². The molecule has 0 saturated carbocycles. The fourth-order valence-electron chi connectivity index (χ4n) is 6.72. The van der Waals surface area contributed by atoms with Gasteiger partial charge in [-0.1, -0.05) is 142 Å². The average Bonchev–Trinajstić information content (AvgIpc) is 3.60. The van der Waals surface area contributed by atoms with Gasteiger partial charge in [0.2, 0.25) is 0 Å². The zero-order valence-corrected chi connectivity index (χ0v) is 27.7. The second-order valence-electron chi connectivity index (χ2n) is 13.5. The molecule has 1 fully saturated rings. The van der Waals surface area contributed by atoms with Crippen LogP contribution in [0.3, 0.4) is 0 Å². The highest BCUT2D eigenvalue weighted by Gasteiger charge is 2.34. The van der Waals surface area contributed by atoms with Crippen molar-refractivity contribution >= 4 is 5.97 Å². The number of rotatable bonds is 28. The molecule has 246 valence electrons. The number of unbranched alkanes of at least 4 members (excludes halogenated alkanes) is 20. The monoisotopic (exact) mass is 593 g/mol. The van der Waals surface area contributed by atoms with E-state index in [2.05, 4.69) is 6.92 Å². The molecule has 0 amide bonds. The minimum atomic E-state index is -0.377. The lowest BCUT2D eigenvalue weighted by Gasteiger charge is -2.22. The summed E-state index contributed by atoms with van der Waals surface area (Å²) in [5.41, 5.74) is 0.882. The van der Waals surface area contributed by atoms with Crippen LogP contribution in [0, 0.1) is 0 Å². The molecule has 0 bridgehead atoms. The number of carbonyl (C=O) groups excluding carboxylic acids is 1. The first-order chi connectivity index (χ1) is 20.5. The molecule has 2 rings (SSSR count). The van der Waals surface area contributed by atoms with E-state index in [4.69, 9.17) is 9.47 Å². The van der Waals surface area contributed by atoms with Crippen LogP contribution in [0.4, 0.5) is 0 Å². The number of aliphatic hydroxyl groups is 2. The lowest BCUT2D eigenvalue weighted by molar-refractivity contribution is -0.139. The number of hydrogen-bond donors (Lipinski definition) is 2. The lowest BCUT2D eigenvalue weighted by atomic mass is 10.00. The molecule has 2 aliphatic heterocycles. The first-order valence-electron chi connectivity index (χ1n) is 18.4. The van der Waals surface area contributed by atoms with Crippen LogP contribution in [0.15, 0.2) is 11.6 Å². The van der Waals surface area contributed by atoms with E-state index in [1.165, 1.54) is 122 Å². The molecule has 5 nitrogen and oxygen atoms in total. The molecule has 2 heterocycles. The van der Waals surface area contributed by atoms with Crippen molar-refractivity contribution < 1.29 is 24.5 Å². The Morgan fingerprint density at radius 1 is 0.643 bits per heavy atom. The van der Waals surface area contributed by atoms with Crippen molar-refractivity contribution in [3.8, 4) is 0 Å². The van der Waals surface area contributed by atoms with Gasteiger partial charge in [0.25, 0.3) is 0 Å². The first-order valence-corrected chi connectivity index (χ1v) is 18.4. The van der Waals surface area contributed by atoms with E-state index in [0.29, 0.717) is 0 Å². The minimum Gasteiger partial charge on any atom is -0.455 e. The van der Waals surface area contributed by atoms with Gasteiger partial charge < -0.3 is 19.7 Å². The molecular weight excluding hydrogens is 524 g/mol. The third kappa shape index (κ3) is 17.4. The summed E-state index contributed by atoms with van der Waals surface area (Å²) >= 11 is 0. The molecule has 0 aromatic rings. The normalized spacial score (nSPS) is 22.0. The minimum absolute atomic E-state index is 0.0343. The lowest BCUT2D eigenvalue weighted by Crippen LogP contribution is -2.31. The Bertz CT molecular complexity index is 692. The highest BCUT2D eigenvalue weighted by atomic mass is 16.5. The van der Waals surface area contributed by atoms with Crippen molar-refractivity contribution in [2.45, 2.75) is 218 Å². The molecule has 0 spiro atoms. The van der Waals surface area contributed by atoms with Crippen LogP contribution in [-0.4, -0.2) is 46.7 Å². The summed E-state index contributed by atoms with van der Waals surface area (Å²) < 4.78 is 11.2. The highest BCUT2D eigenvalue weighted by Crippen LogP contribution is 2.28. The number of esters is 1. The van der Waals surface area contributed by atoms with Crippen LogP contribution in [0.5, 0.6) is 0 Å². The van der Waals surface area contributed by atoms with Crippen molar-refractivity contribution in [2.75, 3.05) is 0 Å². The third-order valence-corrected chi connectivity index (χ3v) is 9.48. The standard InChI is InChI=1S/C37H68O5/c1-3-4-5-6-7-17-20-23-26-33(38)35-28-29-36(42-35)34(39)27-24-21-18-15-13-11-9-8-10-12-14-16-19-22-25-32-30-31(2)41-37(32)40/h30-31,33-36,38-39H,3-29H2,1-2H3/t31?,33-,34+,35+,36+/m0/s1. The maximum absolute atomic E-state index is 11.6. The SMILES string of the molecule is CCCCCCCCCC[C@H](O)[C@H]1CC[C@H]([C@H](O)CCCCCCCCCCCCCCCCC2=CC(C)OC2=O)O1. The van der Waals surface area contributed by atoms with Crippen molar-refractivity contribution in [3.05, 3.63) is 11.6 Å². The van der Waals surface area contributed by atoms with Crippen molar-refractivity contribution in [1.82, 2.24) is 0 Å². The third-order valence-electron chi connectivity index (χ3n) is 9.48.